The minimum atomic E-state index is 0.0587. The summed E-state index contributed by atoms with van der Waals surface area (Å²) in [6.45, 7) is 0.574. The summed E-state index contributed by atoms with van der Waals surface area (Å²) in [6, 6.07) is 20.3. The highest BCUT2D eigenvalue weighted by Gasteiger charge is 2.22. The number of aromatic nitrogens is 1. The van der Waals surface area contributed by atoms with Gasteiger partial charge in [-0.15, -0.1) is 11.3 Å². The average molecular weight is 306 g/mol. The van der Waals surface area contributed by atoms with Crippen molar-refractivity contribution in [3.8, 4) is 10.6 Å². The van der Waals surface area contributed by atoms with Gasteiger partial charge in [0.1, 0.15) is 18.3 Å². The van der Waals surface area contributed by atoms with Gasteiger partial charge in [-0.2, -0.15) is 0 Å². The van der Waals surface area contributed by atoms with Crippen molar-refractivity contribution in [3.05, 3.63) is 77.3 Å². The van der Waals surface area contributed by atoms with Crippen molar-refractivity contribution < 1.29 is 4.74 Å². The molecule has 0 fully saturated rings. The second-order valence-electron chi connectivity index (χ2n) is 5.06. The highest BCUT2D eigenvalue weighted by Crippen LogP contribution is 2.26. The molecular weight excluding hydrogens is 292 g/mol. The molecule has 108 valence electrons. The summed E-state index contributed by atoms with van der Waals surface area (Å²) in [4.78, 5) is 10.5. The van der Waals surface area contributed by atoms with Crippen molar-refractivity contribution in [2.24, 2.45) is 4.99 Å². The molecule has 22 heavy (non-hydrogen) atoms. The fourth-order valence-corrected chi connectivity index (χ4v) is 3.17. The van der Waals surface area contributed by atoms with Gasteiger partial charge in [-0.25, -0.2) is 9.98 Å². The summed E-state index contributed by atoms with van der Waals surface area (Å²) in [5, 5.41) is 2.05. The lowest BCUT2D eigenvalue weighted by atomic mass is 10.1. The topological polar surface area (TPSA) is 34.5 Å². The average Bonchev–Trinajstić information content (AvgIpc) is 3.28. The van der Waals surface area contributed by atoms with E-state index in [4.69, 9.17) is 4.74 Å². The van der Waals surface area contributed by atoms with E-state index in [0.717, 1.165) is 16.3 Å². The molecule has 1 aromatic carbocycles. The third kappa shape index (κ3) is 2.53. The van der Waals surface area contributed by atoms with Gasteiger partial charge in [0.25, 0.3) is 0 Å². The number of hydrogen-bond acceptors (Lipinski definition) is 4. The Morgan fingerprint density at radius 1 is 0.909 bits per heavy atom. The molecule has 0 N–H and O–H groups in total. The smallest absolute Gasteiger partial charge is 0.236 e. The van der Waals surface area contributed by atoms with Crippen molar-refractivity contribution in [1.29, 1.82) is 0 Å². The summed E-state index contributed by atoms with van der Waals surface area (Å²) in [5.74, 6) is 0.632. The molecular formula is C18H14N2OS. The quantitative estimate of drug-likeness (QED) is 0.722. The predicted octanol–water partition coefficient (Wildman–Crippen LogP) is 4.33. The number of benzene rings is 1. The van der Waals surface area contributed by atoms with E-state index in [-0.39, 0.29) is 6.04 Å². The second-order valence-corrected chi connectivity index (χ2v) is 6.00. The van der Waals surface area contributed by atoms with E-state index in [1.54, 1.807) is 11.3 Å². The van der Waals surface area contributed by atoms with Gasteiger partial charge in [0, 0.05) is 0 Å². The fraction of sp³-hybridized carbons (Fsp3) is 0.111. The molecule has 2 aromatic heterocycles. The van der Waals surface area contributed by atoms with Gasteiger partial charge in [-0.1, -0.05) is 42.5 Å². The molecule has 0 amide bonds. The fourth-order valence-electron chi connectivity index (χ4n) is 2.48. The van der Waals surface area contributed by atoms with Crippen molar-refractivity contribution in [3.63, 3.8) is 0 Å². The third-order valence-corrected chi connectivity index (χ3v) is 4.47. The van der Waals surface area contributed by atoms with Gasteiger partial charge in [-0.05, 0) is 29.1 Å². The normalized spacial score (nSPS) is 17.1. The molecule has 0 radical (unpaired) electrons. The molecule has 0 spiro atoms. The molecule has 0 saturated heterocycles. The van der Waals surface area contributed by atoms with Gasteiger partial charge < -0.3 is 4.74 Å². The Hall–Kier alpha value is -2.46. The maximum Gasteiger partial charge on any atom is 0.236 e. The van der Waals surface area contributed by atoms with Crippen molar-refractivity contribution in [2.45, 2.75) is 6.04 Å². The molecule has 0 aliphatic carbocycles. The Bertz CT molecular complexity index is 797. The molecule has 0 unspecified atom stereocenters. The summed E-state index contributed by atoms with van der Waals surface area (Å²) in [7, 11) is 0. The zero-order valence-corrected chi connectivity index (χ0v) is 12.7. The van der Waals surface area contributed by atoms with Gasteiger partial charge in [0.05, 0.1) is 10.6 Å². The van der Waals surface area contributed by atoms with E-state index < -0.39 is 0 Å². The summed E-state index contributed by atoms with van der Waals surface area (Å²) in [5.41, 5.74) is 2.93. The van der Waals surface area contributed by atoms with Crippen LogP contribution >= 0.6 is 11.3 Å². The van der Waals surface area contributed by atoms with E-state index in [1.165, 1.54) is 5.56 Å². The maximum atomic E-state index is 5.77. The van der Waals surface area contributed by atoms with Crippen LogP contribution in [0.1, 0.15) is 17.3 Å². The van der Waals surface area contributed by atoms with Crippen LogP contribution in [0.5, 0.6) is 0 Å². The lowest BCUT2D eigenvalue weighted by Gasteiger charge is -2.03. The largest absolute Gasteiger partial charge is 0.474 e. The minimum Gasteiger partial charge on any atom is -0.474 e. The Balaban J connectivity index is 1.64. The predicted molar refractivity (Wildman–Crippen MR) is 89.2 cm³/mol. The molecule has 3 aromatic rings. The van der Waals surface area contributed by atoms with Crippen LogP contribution in [0, 0.1) is 0 Å². The van der Waals surface area contributed by atoms with Crippen LogP contribution in [0.4, 0.5) is 0 Å². The minimum absolute atomic E-state index is 0.0587. The van der Waals surface area contributed by atoms with Crippen LogP contribution in [-0.2, 0) is 4.74 Å². The number of thiophene rings is 1. The van der Waals surface area contributed by atoms with Crippen LogP contribution in [0.2, 0.25) is 0 Å². The lowest BCUT2D eigenvalue weighted by Crippen LogP contribution is -2.04. The molecule has 1 atom stereocenters. The Labute approximate surface area is 133 Å². The van der Waals surface area contributed by atoms with Crippen LogP contribution < -0.4 is 0 Å². The lowest BCUT2D eigenvalue weighted by molar-refractivity contribution is 0.319. The summed E-state index contributed by atoms with van der Waals surface area (Å²) in [6.07, 6.45) is 0. The van der Waals surface area contributed by atoms with Gasteiger partial charge in [0.15, 0.2) is 0 Å². The molecule has 4 rings (SSSR count). The first-order valence-electron chi connectivity index (χ1n) is 7.17. The number of rotatable bonds is 3. The third-order valence-electron chi connectivity index (χ3n) is 3.58. The zero-order chi connectivity index (χ0) is 14.8. The van der Waals surface area contributed by atoms with E-state index in [2.05, 4.69) is 33.6 Å². The highest BCUT2D eigenvalue weighted by molar-refractivity contribution is 7.13. The van der Waals surface area contributed by atoms with E-state index in [1.807, 2.05) is 42.5 Å². The van der Waals surface area contributed by atoms with Gasteiger partial charge in [0.2, 0.25) is 5.90 Å². The number of pyridine rings is 1. The first kappa shape index (κ1) is 13.2. The van der Waals surface area contributed by atoms with Gasteiger partial charge >= 0.3 is 0 Å². The summed E-state index contributed by atoms with van der Waals surface area (Å²) < 4.78 is 5.77. The number of ether oxygens (including phenoxy) is 1. The second kappa shape index (κ2) is 5.73. The van der Waals surface area contributed by atoms with E-state index in [0.29, 0.717) is 12.5 Å². The molecule has 3 heterocycles. The number of aliphatic imine (C=N–C) groups is 1. The van der Waals surface area contributed by atoms with Crippen LogP contribution in [0.25, 0.3) is 10.6 Å². The molecule has 1 aliphatic heterocycles. The van der Waals surface area contributed by atoms with Gasteiger partial charge in [-0.3, -0.25) is 0 Å². The first-order valence-corrected chi connectivity index (χ1v) is 8.05. The molecule has 4 heteroatoms. The molecule has 0 saturated carbocycles. The van der Waals surface area contributed by atoms with Crippen molar-refractivity contribution >= 4 is 17.2 Å². The molecule has 1 aliphatic rings. The van der Waals surface area contributed by atoms with E-state index >= 15 is 0 Å². The standard InChI is InChI=1S/C18H14N2OS/c1-2-6-13(7-3-1)16-12-21-18(20-16)15-9-4-8-14(19-15)17-10-5-11-22-17/h1-11,16H,12H2/t16-/m0/s1. The Morgan fingerprint density at radius 2 is 1.77 bits per heavy atom. The summed E-state index contributed by atoms with van der Waals surface area (Å²) >= 11 is 1.68. The molecule has 0 bridgehead atoms. The zero-order valence-electron chi connectivity index (χ0n) is 11.8. The Morgan fingerprint density at radius 3 is 2.59 bits per heavy atom. The number of nitrogens with zero attached hydrogens (tertiary/aromatic N) is 2. The monoisotopic (exact) mass is 306 g/mol. The van der Waals surface area contributed by atoms with Crippen molar-refractivity contribution in [2.75, 3.05) is 6.61 Å². The van der Waals surface area contributed by atoms with Crippen LogP contribution in [-0.4, -0.2) is 17.5 Å². The van der Waals surface area contributed by atoms with Crippen molar-refractivity contribution in [1.82, 2.24) is 4.98 Å². The highest BCUT2D eigenvalue weighted by atomic mass is 32.1. The molecule has 3 nitrogen and oxygen atoms in total. The maximum absolute atomic E-state index is 5.77. The van der Waals surface area contributed by atoms with E-state index in [9.17, 15) is 0 Å². The SMILES string of the molecule is c1ccc([C@@H]2COC(c3cccc(-c4cccs4)n3)=N2)cc1. The van der Waals surface area contributed by atoms with Crippen LogP contribution in [0.15, 0.2) is 71.0 Å². The Kier molecular flexibility index (Phi) is 3.45. The van der Waals surface area contributed by atoms with Crippen LogP contribution in [0.3, 0.4) is 0 Å². The first-order chi connectivity index (χ1) is 10.9. The number of hydrogen-bond donors (Lipinski definition) is 0.